The highest BCUT2D eigenvalue weighted by Crippen LogP contribution is 2.23. The molecule has 6 nitrogen and oxygen atoms in total. The molecule has 1 unspecified atom stereocenters. The number of hydrogen-bond acceptors (Lipinski definition) is 4. The lowest BCUT2D eigenvalue weighted by Gasteiger charge is -2.35. The van der Waals surface area contributed by atoms with Crippen LogP contribution in [0.3, 0.4) is 0 Å². The van der Waals surface area contributed by atoms with Crippen LogP contribution >= 0.6 is 35.6 Å². The van der Waals surface area contributed by atoms with Crippen molar-refractivity contribution in [3.05, 3.63) is 34.9 Å². The average Bonchev–Trinajstić information content (AvgIpc) is 2.63. The molecule has 1 atom stereocenters. The van der Waals surface area contributed by atoms with Crippen molar-refractivity contribution in [1.82, 2.24) is 15.5 Å². The topological polar surface area (TPSA) is 58.1 Å². The van der Waals surface area contributed by atoms with Crippen LogP contribution in [-0.4, -0.2) is 71.0 Å². The minimum Gasteiger partial charge on any atom is -0.383 e. The van der Waals surface area contributed by atoms with Gasteiger partial charge in [-0.1, -0.05) is 23.7 Å². The number of guanidine groups is 1. The third-order valence-electron chi connectivity index (χ3n) is 4.03. The van der Waals surface area contributed by atoms with Crippen molar-refractivity contribution in [1.29, 1.82) is 0 Å². The summed E-state index contributed by atoms with van der Waals surface area (Å²) in [5.74, 6) is 0.777. The number of aliphatic imine (C=N–C) groups is 1. The molecule has 0 radical (unpaired) electrons. The predicted octanol–water partition coefficient (Wildman–Crippen LogP) is 2.14. The summed E-state index contributed by atoms with van der Waals surface area (Å²) < 4.78 is 10.5. The second kappa shape index (κ2) is 12.7. The van der Waals surface area contributed by atoms with Crippen LogP contribution in [0, 0.1) is 0 Å². The summed E-state index contributed by atoms with van der Waals surface area (Å²) in [7, 11) is 3.46. The number of nitrogens with one attached hydrogen (secondary N) is 2. The smallest absolute Gasteiger partial charge is 0.191 e. The van der Waals surface area contributed by atoms with E-state index in [-0.39, 0.29) is 30.0 Å². The van der Waals surface area contributed by atoms with Gasteiger partial charge >= 0.3 is 0 Å². The van der Waals surface area contributed by atoms with Gasteiger partial charge in [-0.25, -0.2) is 0 Å². The molecule has 1 aromatic carbocycles. The van der Waals surface area contributed by atoms with Crippen LogP contribution in [0.2, 0.25) is 5.02 Å². The number of nitrogens with zero attached hydrogens (tertiary/aromatic N) is 2. The molecule has 0 spiro atoms. The van der Waals surface area contributed by atoms with Crippen molar-refractivity contribution in [2.75, 3.05) is 60.2 Å². The quantitative estimate of drug-likeness (QED) is 0.270. The number of ether oxygens (including phenoxy) is 2. The molecule has 1 aliphatic rings. The molecule has 1 heterocycles. The molecule has 1 aromatic rings. The van der Waals surface area contributed by atoms with Gasteiger partial charge in [0.2, 0.25) is 0 Å². The second-order valence-corrected chi connectivity index (χ2v) is 6.02. The summed E-state index contributed by atoms with van der Waals surface area (Å²) in [6, 6.07) is 8.30. The summed E-state index contributed by atoms with van der Waals surface area (Å²) in [4.78, 5) is 6.69. The van der Waals surface area contributed by atoms with Crippen LogP contribution in [-0.2, 0) is 9.47 Å². The molecule has 25 heavy (non-hydrogen) atoms. The van der Waals surface area contributed by atoms with E-state index in [0.29, 0.717) is 6.61 Å². The second-order valence-electron chi connectivity index (χ2n) is 5.59. The minimum atomic E-state index is 0. The van der Waals surface area contributed by atoms with E-state index in [0.717, 1.165) is 50.4 Å². The van der Waals surface area contributed by atoms with Gasteiger partial charge in [-0.3, -0.25) is 9.89 Å². The zero-order valence-corrected chi connectivity index (χ0v) is 17.9. The van der Waals surface area contributed by atoms with Crippen molar-refractivity contribution in [3.8, 4) is 0 Å². The molecular formula is C17H28ClIN4O2. The van der Waals surface area contributed by atoms with Crippen LogP contribution in [0.25, 0.3) is 0 Å². The Labute approximate surface area is 172 Å². The summed E-state index contributed by atoms with van der Waals surface area (Å²) in [6.07, 6.45) is 0. The Balaban J connectivity index is 0.00000312. The Morgan fingerprint density at radius 2 is 1.96 bits per heavy atom. The van der Waals surface area contributed by atoms with E-state index in [9.17, 15) is 0 Å². The highest BCUT2D eigenvalue weighted by atomic mass is 127. The molecule has 1 saturated heterocycles. The van der Waals surface area contributed by atoms with E-state index in [1.165, 1.54) is 5.56 Å². The molecule has 0 amide bonds. The maximum Gasteiger partial charge on any atom is 0.191 e. The molecule has 0 bridgehead atoms. The van der Waals surface area contributed by atoms with Crippen molar-refractivity contribution >= 4 is 41.5 Å². The number of halogens is 2. The van der Waals surface area contributed by atoms with Crippen LogP contribution < -0.4 is 10.6 Å². The fourth-order valence-electron chi connectivity index (χ4n) is 2.72. The van der Waals surface area contributed by atoms with Gasteiger partial charge in [0.1, 0.15) is 0 Å². The van der Waals surface area contributed by atoms with E-state index in [2.05, 4.69) is 32.7 Å². The molecule has 142 valence electrons. The maximum atomic E-state index is 6.03. The van der Waals surface area contributed by atoms with Gasteiger partial charge in [0.05, 0.1) is 25.9 Å². The first-order valence-electron chi connectivity index (χ1n) is 8.25. The van der Waals surface area contributed by atoms with Crippen LogP contribution in [0.1, 0.15) is 11.6 Å². The van der Waals surface area contributed by atoms with E-state index < -0.39 is 0 Å². The first-order valence-corrected chi connectivity index (χ1v) is 8.63. The summed E-state index contributed by atoms with van der Waals surface area (Å²) in [6.45, 7) is 5.50. The Kier molecular flexibility index (Phi) is 11.4. The molecule has 0 saturated carbocycles. The minimum absolute atomic E-state index is 0. The summed E-state index contributed by atoms with van der Waals surface area (Å²) in [5.41, 5.74) is 1.24. The zero-order valence-electron chi connectivity index (χ0n) is 14.8. The molecule has 2 rings (SSSR count). The van der Waals surface area contributed by atoms with Gasteiger partial charge < -0.3 is 20.1 Å². The first-order chi connectivity index (χ1) is 11.7. The largest absolute Gasteiger partial charge is 0.383 e. The molecule has 8 heteroatoms. The lowest BCUT2D eigenvalue weighted by atomic mass is 10.0. The molecule has 2 N–H and O–H groups in total. The molecule has 1 fully saturated rings. The Morgan fingerprint density at radius 1 is 1.28 bits per heavy atom. The van der Waals surface area contributed by atoms with E-state index in [1.54, 1.807) is 14.2 Å². The van der Waals surface area contributed by atoms with Gasteiger partial charge in [-0.15, -0.1) is 24.0 Å². The standard InChI is InChI=1S/C17H27ClN4O2.HI/c1-19-17(20-7-10-23-2)21-13-16(22-8-11-24-12-9-22)14-3-5-15(18)6-4-14;/h3-6,16H,7-13H2,1-2H3,(H2,19,20,21);1H. The predicted molar refractivity (Wildman–Crippen MR) is 113 cm³/mol. The fourth-order valence-corrected chi connectivity index (χ4v) is 2.84. The average molecular weight is 483 g/mol. The monoisotopic (exact) mass is 482 g/mol. The van der Waals surface area contributed by atoms with Crippen molar-refractivity contribution in [2.24, 2.45) is 4.99 Å². The van der Waals surface area contributed by atoms with Gasteiger partial charge in [-0.05, 0) is 17.7 Å². The normalized spacial score (nSPS) is 16.8. The first kappa shape index (κ1) is 22.4. The van der Waals surface area contributed by atoms with Gasteiger partial charge in [0.15, 0.2) is 5.96 Å². The summed E-state index contributed by atoms with van der Waals surface area (Å²) in [5, 5.41) is 7.40. The van der Waals surface area contributed by atoms with Gasteiger partial charge in [0.25, 0.3) is 0 Å². The van der Waals surface area contributed by atoms with Crippen LogP contribution in [0.5, 0.6) is 0 Å². The van der Waals surface area contributed by atoms with Crippen molar-refractivity contribution in [3.63, 3.8) is 0 Å². The highest BCUT2D eigenvalue weighted by molar-refractivity contribution is 14.0. The van der Waals surface area contributed by atoms with Crippen LogP contribution in [0.4, 0.5) is 0 Å². The zero-order chi connectivity index (χ0) is 17.2. The Morgan fingerprint density at radius 3 is 2.56 bits per heavy atom. The van der Waals surface area contributed by atoms with E-state index in [1.807, 2.05) is 12.1 Å². The highest BCUT2D eigenvalue weighted by Gasteiger charge is 2.22. The Hall–Kier alpha value is -0.610. The Bertz CT molecular complexity index is 510. The van der Waals surface area contributed by atoms with Gasteiger partial charge in [-0.2, -0.15) is 0 Å². The van der Waals surface area contributed by atoms with E-state index >= 15 is 0 Å². The number of hydrogen-bond donors (Lipinski definition) is 2. The van der Waals surface area contributed by atoms with Gasteiger partial charge in [0, 0.05) is 45.4 Å². The number of morpholine rings is 1. The number of rotatable bonds is 7. The van der Waals surface area contributed by atoms with Crippen LogP contribution in [0.15, 0.2) is 29.3 Å². The number of benzene rings is 1. The third kappa shape index (κ3) is 7.65. The lowest BCUT2D eigenvalue weighted by Crippen LogP contribution is -2.46. The number of methoxy groups -OCH3 is 1. The maximum absolute atomic E-state index is 6.03. The SMILES string of the molecule is CN=C(NCCOC)NCC(c1ccc(Cl)cc1)N1CCOCC1.I. The lowest BCUT2D eigenvalue weighted by molar-refractivity contribution is 0.0170. The molecule has 1 aliphatic heterocycles. The molecule has 0 aliphatic carbocycles. The fraction of sp³-hybridized carbons (Fsp3) is 0.588. The molecule has 0 aromatic heterocycles. The van der Waals surface area contributed by atoms with Crippen molar-refractivity contribution < 1.29 is 9.47 Å². The van der Waals surface area contributed by atoms with Crippen molar-refractivity contribution in [2.45, 2.75) is 6.04 Å². The van der Waals surface area contributed by atoms with E-state index in [4.69, 9.17) is 21.1 Å². The molecular weight excluding hydrogens is 455 g/mol. The summed E-state index contributed by atoms with van der Waals surface area (Å²) >= 11 is 6.03. The third-order valence-corrected chi connectivity index (χ3v) is 4.28.